The first-order valence-electron chi connectivity index (χ1n) is 28.9. The van der Waals surface area contributed by atoms with Crippen molar-refractivity contribution in [1.29, 1.82) is 0 Å². The summed E-state index contributed by atoms with van der Waals surface area (Å²) in [5.41, 5.74) is 26.5. The number of hydrogen-bond donors (Lipinski definition) is 0. The van der Waals surface area contributed by atoms with Crippen LogP contribution in [0.2, 0.25) is 0 Å². The van der Waals surface area contributed by atoms with Crippen molar-refractivity contribution >= 4 is 74.3 Å². The Morgan fingerprint density at radius 3 is 1.49 bits per heavy atom. The lowest BCUT2D eigenvalue weighted by Crippen LogP contribution is -2.61. The van der Waals surface area contributed by atoms with Crippen LogP contribution >= 0.6 is 0 Å². The summed E-state index contributed by atoms with van der Waals surface area (Å²) in [6, 6.07) is 88.2. The zero-order chi connectivity index (χ0) is 55.5. The van der Waals surface area contributed by atoms with Crippen molar-refractivity contribution in [2.24, 2.45) is 0 Å². The maximum atomic E-state index is 2.63. The Labute approximate surface area is 476 Å². The monoisotopic (exact) mass is 1040 g/mol. The van der Waals surface area contributed by atoms with Gasteiger partial charge < -0.3 is 14.7 Å². The van der Waals surface area contributed by atoms with Crippen LogP contribution in [0.4, 0.5) is 51.2 Å². The molecule has 0 atom stereocenters. The third kappa shape index (κ3) is 8.24. The van der Waals surface area contributed by atoms with Gasteiger partial charge in [-0.1, -0.05) is 228 Å². The summed E-state index contributed by atoms with van der Waals surface area (Å²) in [6.45, 7) is 25.6. The van der Waals surface area contributed by atoms with Gasteiger partial charge in [-0.05, 0) is 173 Å². The van der Waals surface area contributed by atoms with Crippen molar-refractivity contribution in [3.8, 4) is 11.1 Å². The molecular formula is C76H72BN3. The molecule has 0 unspecified atom stereocenters. The van der Waals surface area contributed by atoms with E-state index in [1.807, 2.05) is 0 Å². The van der Waals surface area contributed by atoms with E-state index in [2.05, 4.69) is 321 Å². The van der Waals surface area contributed by atoms with Crippen LogP contribution in [0.5, 0.6) is 0 Å². The third-order valence-electron chi connectivity index (χ3n) is 17.6. The van der Waals surface area contributed by atoms with Gasteiger partial charge in [0.25, 0.3) is 6.71 Å². The fourth-order valence-electron chi connectivity index (χ4n) is 13.3. The SMILES string of the molecule is CC(C)c1ccc(N(c2ccccc2)c2ccc3c(c2)N(c2ccc(C(C)(C)C)cc2)c2cc(C(C)(C)C)cc4c2B3c2cc(C(C)(C)C)ccc2N4c2ccc3c(c2)C(c2ccccc2)(c2ccccc2)c2ccccc2-3)cc1. The maximum absolute atomic E-state index is 2.63. The largest absolute Gasteiger partial charge is 0.311 e. The van der Waals surface area contributed by atoms with Crippen molar-refractivity contribution in [2.45, 2.75) is 104 Å². The predicted molar refractivity (Wildman–Crippen MR) is 343 cm³/mol. The molecule has 0 radical (unpaired) electrons. The van der Waals surface area contributed by atoms with Crippen LogP contribution in [0.1, 0.15) is 127 Å². The molecule has 394 valence electrons. The van der Waals surface area contributed by atoms with E-state index in [0.717, 1.165) is 28.4 Å². The molecule has 80 heavy (non-hydrogen) atoms. The van der Waals surface area contributed by atoms with E-state index in [4.69, 9.17) is 0 Å². The lowest BCUT2D eigenvalue weighted by Gasteiger charge is -2.46. The van der Waals surface area contributed by atoms with E-state index >= 15 is 0 Å². The van der Waals surface area contributed by atoms with E-state index in [1.165, 1.54) is 94.8 Å². The number of benzene rings is 10. The standard InChI is InChI=1S/C76H72BN3/c1-50(2)51-31-36-58(37-32-51)78(57-27-19-14-20-28-57)61-41-43-66-69(49-61)79(59-38-33-52(34-39-59)73(3,4)5)70-46-56(75(9,10)11)47-71-72(70)77(66)67-45-55(74(6,7)8)35-44-68(67)80(71)60-40-42-63-62-29-21-22-30-64(62)76(65(63)48-60,53-23-15-12-16-24-53)54-25-17-13-18-26-54/h12-50H,1-11H3. The van der Waals surface area contributed by atoms with Crippen molar-refractivity contribution in [3.05, 3.63) is 275 Å². The first-order valence-corrected chi connectivity index (χ1v) is 28.9. The summed E-state index contributed by atoms with van der Waals surface area (Å²) in [4.78, 5) is 7.67. The first-order chi connectivity index (χ1) is 38.4. The van der Waals surface area contributed by atoms with Crippen LogP contribution in [-0.4, -0.2) is 6.71 Å². The van der Waals surface area contributed by atoms with Gasteiger partial charge in [-0.25, -0.2) is 0 Å². The van der Waals surface area contributed by atoms with Gasteiger partial charge in [0, 0.05) is 51.2 Å². The molecule has 0 N–H and O–H groups in total. The summed E-state index contributed by atoms with van der Waals surface area (Å²) >= 11 is 0. The summed E-state index contributed by atoms with van der Waals surface area (Å²) in [7, 11) is 0. The third-order valence-corrected chi connectivity index (χ3v) is 17.6. The molecule has 0 amide bonds. The molecule has 0 aromatic heterocycles. The molecule has 3 aliphatic rings. The zero-order valence-electron chi connectivity index (χ0n) is 48.4. The van der Waals surface area contributed by atoms with Crippen molar-refractivity contribution in [3.63, 3.8) is 0 Å². The molecule has 1 aliphatic carbocycles. The second kappa shape index (κ2) is 18.9. The number of fused-ring (bicyclic) bond motifs is 7. The molecule has 10 aromatic rings. The Bertz CT molecular complexity index is 3930. The molecule has 0 spiro atoms. The highest BCUT2D eigenvalue weighted by atomic mass is 15.2. The normalized spacial score (nSPS) is 14.1. The molecule has 10 aromatic carbocycles. The van der Waals surface area contributed by atoms with Gasteiger partial charge in [-0.2, -0.15) is 0 Å². The second-order valence-corrected chi connectivity index (χ2v) is 26.0. The minimum atomic E-state index is -0.550. The van der Waals surface area contributed by atoms with E-state index in [0.29, 0.717) is 5.92 Å². The maximum Gasteiger partial charge on any atom is 0.252 e. The summed E-state index contributed by atoms with van der Waals surface area (Å²) in [5, 5.41) is 0. The minimum absolute atomic E-state index is 0.00592. The first kappa shape index (κ1) is 51.1. The highest BCUT2D eigenvalue weighted by molar-refractivity contribution is 7.00. The average molecular weight is 1040 g/mol. The molecular weight excluding hydrogens is 966 g/mol. The van der Waals surface area contributed by atoms with Crippen LogP contribution in [0.15, 0.2) is 231 Å². The number of rotatable bonds is 8. The van der Waals surface area contributed by atoms with Gasteiger partial charge in [-0.15, -0.1) is 0 Å². The predicted octanol–water partition coefficient (Wildman–Crippen LogP) is 18.6. The van der Waals surface area contributed by atoms with E-state index in [-0.39, 0.29) is 23.0 Å². The Kier molecular flexibility index (Phi) is 12.1. The van der Waals surface area contributed by atoms with Crippen molar-refractivity contribution < 1.29 is 0 Å². The number of nitrogens with zero attached hydrogens (tertiary/aromatic N) is 3. The fraction of sp³-hybridized carbons (Fsp3) is 0.211. The number of para-hydroxylation sites is 1. The van der Waals surface area contributed by atoms with Crippen molar-refractivity contribution in [1.82, 2.24) is 0 Å². The summed E-state index contributed by atoms with van der Waals surface area (Å²) in [6.07, 6.45) is 0. The van der Waals surface area contributed by atoms with Crippen LogP contribution in [0.3, 0.4) is 0 Å². The molecule has 4 heteroatoms. The zero-order valence-corrected chi connectivity index (χ0v) is 48.4. The average Bonchev–Trinajstić information content (AvgIpc) is 3.91. The molecule has 2 heterocycles. The summed E-state index contributed by atoms with van der Waals surface area (Å²) in [5.74, 6) is 0.434. The topological polar surface area (TPSA) is 9.72 Å². The quantitative estimate of drug-likeness (QED) is 0.140. The van der Waals surface area contributed by atoms with Gasteiger partial charge in [0.15, 0.2) is 0 Å². The smallest absolute Gasteiger partial charge is 0.252 e. The second-order valence-electron chi connectivity index (χ2n) is 26.0. The van der Waals surface area contributed by atoms with E-state index in [1.54, 1.807) is 0 Å². The molecule has 3 nitrogen and oxygen atoms in total. The van der Waals surface area contributed by atoms with E-state index in [9.17, 15) is 0 Å². The van der Waals surface area contributed by atoms with Crippen LogP contribution < -0.4 is 31.1 Å². The van der Waals surface area contributed by atoms with E-state index < -0.39 is 5.41 Å². The van der Waals surface area contributed by atoms with Crippen LogP contribution in [0, 0.1) is 0 Å². The number of anilines is 9. The summed E-state index contributed by atoms with van der Waals surface area (Å²) < 4.78 is 0. The Morgan fingerprint density at radius 2 is 0.887 bits per heavy atom. The van der Waals surface area contributed by atoms with Gasteiger partial charge >= 0.3 is 0 Å². The molecule has 2 aliphatic heterocycles. The van der Waals surface area contributed by atoms with Crippen LogP contribution in [0.25, 0.3) is 11.1 Å². The van der Waals surface area contributed by atoms with Crippen molar-refractivity contribution in [2.75, 3.05) is 14.7 Å². The Balaban J connectivity index is 1.11. The highest BCUT2D eigenvalue weighted by Crippen LogP contribution is 2.58. The van der Waals surface area contributed by atoms with Gasteiger partial charge in [0.1, 0.15) is 0 Å². The molecule has 0 saturated heterocycles. The van der Waals surface area contributed by atoms with Gasteiger partial charge in [-0.3, -0.25) is 0 Å². The molecule has 0 fully saturated rings. The van der Waals surface area contributed by atoms with Crippen LogP contribution in [-0.2, 0) is 21.7 Å². The van der Waals surface area contributed by atoms with Gasteiger partial charge in [0.05, 0.1) is 5.41 Å². The molecule has 13 rings (SSSR count). The lowest BCUT2D eigenvalue weighted by molar-refractivity contribution is 0.590. The number of hydrogen-bond acceptors (Lipinski definition) is 3. The minimum Gasteiger partial charge on any atom is -0.311 e. The molecule has 0 saturated carbocycles. The Hall–Kier alpha value is -8.34. The molecule has 0 bridgehead atoms. The Morgan fingerprint density at radius 1 is 0.375 bits per heavy atom. The fourth-order valence-corrected chi connectivity index (χ4v) is 13.3. The highest BCUT2D eigenvalue weighted by Gasteiger charge is 2.48. The lowest BCUT2D eigenvalue weighted by atomic mass is 9.33. The van der Waals surface area contributed by atoms with Gasteiger partial charge in [0.2, 0.25) is 0 Å².